The minimum absolute atomic E-state index is 0.300. The number of carbonyl (C=O) groups is 2. The van der Waals surface area contributed by atoms with Crippen LogP contribution in [0.4, 0.5) is 5.69 Å². The van der Waals surface area contributed by atoms with Gasteiger partial charge in [0, 0.05) is 5.69 Å². The quantitative estimate of drug-likeness (QED) is 0.833. The predicted molar refractivity (Wildman–Crippen MR) is 77.0 cm³/mol. The summed E-state index contributed by atoms with van der Waals surface area (Å²) >= 11 is 0. The molecular formula is C16H17NO4. The van der Waals surface area contributed by atoms with E-state index in [0.717, 1.165) is 11.1 Å². The van der Waals surface area contributed by atoms with E-state index in [4.69, 9.17) is 4.74 Å². The molecule has 0 spiro atoms. The molecule has 1 amide bonds. The molecule has 1 aromatic carbocycles. The highest BCUT2D eigenvalue weighted by Gasteiger charge is 2.53. The van der Waals surface area contributed by atoms with Gasteiger partial charge in [0.1, 0.15) is 5.92 Å². The van der Waals surface area contributed by atoms with Crippen molar-refractivity contribution in [3.63, 3.8) is 0 Å². The minimum atomic E-state index is -0.993. The van der Waals surface area contributed by atoms with E-state index in [0.29, 0.717) is 5.69 Å². The first-order chi connectivity index (χ1) is 9.97. The average Bonchev–Trinajstić information content (AvgIpc) is 3.02. The molecule has 0 aliphatic carbocycles. The fourth-order valence-electron chi connectivity index (χ4n) is 3.08. The van der Waals surface area contributed by atoms with Crippen LogP contribution >= 0.6 is 0 Å². The van der Waals surface area contributed by atoms with Crippen LogP contribution in [0.25, 0.3) is 0 Å². The molecule has 0 saturated carbocycles. The van der Waals surface area contributed by atoms with Crippen LogP contribution in [0.1, 0.15) is 11.1 Å². The second kappa shape index (κ2) is 5.00. The number of nitrogens with one attached hydrogen (secondary N) is 1. The zero-order valence-corrected chi connectivity index (χ0v) is 11.9. The zero-order chi connectivity index (χ0) is 15.1. The van der Waals surface area contributed by atoms with E-state index in [1.165, 1.54) is 0 Å². The molecule has 2 N–H and O–H groups in total. The average molecular weight is 287 g/mol. The van der Waals surface area contributed by atoms with E-state index in [2.05, 4.69) is 5.32 Å². The molecule has 0 radical (unpaired) electrons. The van der Waals surface area contributed by atoms with Crippen LogP contribution in [0.2, 0.25) is 0 Å². The molecule has 1 fully saturated rings. The molecule has 3 rings (SSSR count). The number of ether oxygens (including phenoxy) is 1. The number of carbonyl (C=O) groups excluding carboxylic acids is 1. The lowest BCUT2D eigenvalue weighted by atomic mass is 9.82. The van der Waals surface area contributed by atoms with Crippen LogP contribution in [0.15, 0.2) is 30.4 Å². The van der Waals surface area contributed by atoms with Gasteiger partial charge < -0.3 is 15.2 Å². The van der Waals surface area contributed by atoms with Crippen LogP contribution in [-0.2, 0) is 14.3 Å². The van der Waals surface area contributed by atoms with Crippen molar-refractivity contribution >= 4 is 17.6 Å². The van der Waals surface area contributed by atoms with Crippen molar-refractivity contribution in [2.24, 2.45) is 11.8 Å². The Balaban J connectivity index is 1.82. The van der Waals surface area contributed by atoms with Crippen LogP contribution in [0, 0.1) is 25.7 Å². The summed E-state index contributed by atoms with van der Waals surface area (Å²) in [6, 6.07) is 5.72. The van der Waals surface area contributed by atoms with Gasteiger partial charge in [0.15, 0.2) is 0 Å². The van der Waals surface area contributed by atoms with Crippen LogP contribution < -0.4 is 5.32 Å². The molecule has 110 valence electrons. The lowest BCUT2D eigenvalue weighted by Gasteiger charge is -2.21. The van der Waals surface area contributed by atoms with Crippen LogP contribution in [0.3, 0.4) is 0 Å². The summed E-state index contributed by atoms with van der Waals surface area (Å²) in [4.78, 5) is 23.8. The predicted octanol–water partition coefficient (Wildman–Crippen LogP) is 1.90. The Kier molecular flexibility index (Phi) is 3.29. The molecule has 2 aliphatic heterocycles. The summed E-state index contributed by atoms with van der Waals surface area (Å²) < 4.78 is 5.51. The number of benzene rings is 1. The highest BCUT2D eigenvalue weighted by molar-refractivity contribution is 5.97. The van der Waals surface area contributed by atoms with Gasteiger partial charge in [0.2, 0.25) is 5.91 Å². The number of aliphatic carboxylic acids is 1. The van der Waals surface area contributed by atoms with Crippen molar-refractivity contribution in [1.29, 1.82) is 0 Å². The van der Waals surface area contributed by atoms with Gasteiger partial charge in [0.25, 0.3) is 0 Å². The molecule has 4 atom stereocenters. The molecule has 5 nitrogen and oxygen atoms in total. The standard InChI is InChI=1S/C16H17NO4/c1-8-3-4-10(9(2)7-8)17-15(18)13-11-5-6-12(21-11)14(13)16(19)20/h3-7,11-14H,1-2H3,(H,17,18)(H,19,20)/t11-,12+,13-,14-/m0/s1. The number of anilines is 1. The molecule has 5 heteroatoms. The van der Waals surface area contributed by atoms with Crippen molar-refractivity contribution in [2.45, 2.75) is 26.1 Å². The minimum Gasteiger partial charge on any atom is -0.481 e. The van der Waals surface area contributed by atoms with Crippen molar-refractivity contribution in [2.75, 3.05) is 5.32 Å². The third kappa shape index (κ3) is 2.34. The first kappa shape index (κ1) is 13.8. The summed E-state index contributed by atoms with van der Waals surface area (Å²) in [7, 11) is 0. The number of carboxylic acid groups (broad SMARTS) is 1. The summed E-state index contributed by atoms with van der Waals surface area (Å²) in [5.41, 5.74) is 2.77. The van der Waals surface area contributed by atoms with E-state index in [9.17, 15) is 14.7 Å². The number of aryl methyl sites for hydroxylation is 2. The number of carboxylic acids is 1. The van der Waals surface area contributed by atoms with Crippen molar-refractivity contribution < 1.29 is 19.4 Å². The molecule has 1 saturated heterocycles. The number of amides is 1. The first-order valence-corrected chi connectivity index (χ1v) is 6.92. The van der Waals surface area contributed by atoms with Crippen LogP contribution in [0.5, 0.6) is 0 Å². The zero-order valence-electron chi connectivity index (χ0n) is 11.9. The summed E-state index contributed by atoms with van der Waals surface area (Å²) in [5.74, 6) is -2.79. The largest absolute Gasteiger partial charge is 0.481 e. The Labute approximate surface area is 122 Å². The molecular weight excluding hydrogens is 270 g/mol. The molecule has 2 bridgehead atoms. The number of fused-ring (bicyclic) bond motifs is 2. The molecule has 1 aromatic rings. The maximum absolute atomic E-state index is 12.5. The van der Waals surface area contributed by atoms with Gasteiger partial charge in [-0.2, -0.15) is 0 Å². The van der Waals surface area contributed by atoms with E-state index in [1.54, 1.807) is 12.2 Å². The van der Waals surface area contributed by atoms with Gasteiger partial charge in [0.05, 0.1) is 18.1 Å². The Morgan fingerprint density at radius 3 is 2.43 bits per heavy atom. The van der Waals surface area contributed by atoms with E-state index in [-0.39, 0.29) is 5.91 Å². The summed E-state index contributed by atoms with van der Waals surface area (Å²) in [6.45, 7) is 3.89. The maximum Gasteiger partial charge on any atom is 0.310 e. The third-order valence-electron chi connectivity index (χ3n) is 4.13. The number of hydrogen-bond acceptors (Lipinski definition) is 3. The normalized spacial score (nSPS) is 29.6. The fraction of sp³-hybridized carbons (Fsp3) is 0.375. The molecule has 21 heavy (non-hydrogen) atoms. The molecule has 2 heterocycles. The SMILES string of the molecule is Cc1ccc(NC(=O)[C@@H]2[C@@H](C(=O)O)[C@H]3C=C[C@@H]2O3)c(C)c1. The van der Waals surface area contributed by atoms with Crippen LogP contribution in [-0.4, -0.2) is 29.2 Å². The molecule has 0 aromatic heterocycles. The Hall–Kier alpha value is -2.14. The number of rotatable bonds is 3. The van der Waals surface area contributed by atoms with E-state index in [1.807, 2.05) is 32.0 Å². The van der Waals surface area contributed by atoms with Gasteiger partial charge >= 0.3 is 5.97 Å². The van der Waals surface area contributed by atoms with Crippen molar-refractivity contribution in [1.82, 2.24) is 0 Å². The number of hydrogen-bond donors (Lipinski definition) is 2. The lowest BCUT2D eigenvalue weighted by Crippen LogP contribution is -2.39. The van der Waals surface area contributed by atoms with Gasteiger partial charge in [-0.3, -0.25) is 9.59 Å². The summed E-state index contributed by atoms with van der Waals surface area (Å²) in [5, 5.41) is 12.2. The van der Waals surface area contributed by atoms with Crippen molar-refractivity contribution in [3.05, 3.63) is 41.5 Å². The molecule has 0 unspecified atom stereocenters. The Morgan fingerprint density at radius 1 is 1.14 bits per heavy atom. The van der Waals surface area contributed by atoms with E-state index < -0.39 is 30.0 Å². The highest BCUT2D eigenvalue weighted by Crippen LogP contribution is 2.40. The fourth-order valence-corrected chi connectivity index (χ4v) is 3.08. The van der Waals surface area contributed by atoms with E-state index >= 15 is 0 Å². The second-order valence-corrected chi connectivity index (χ2v) is 5.65. The monoisotopic (exact) mass is 287 g/mol. The van der Waals surface area contributed by atoms with Gasteiger partial charge in [-0.05, 0) is 25.5 Å². The highest BCUT2D eigenvalue weighted by atomic mass is 16.5. The second-order valence-electron chi connectivity index (χ2n) is 5.65. The molecule has 2 aliphatic rings. The van der Waals surface area contributed by atoms with Gasteiger partial charge in [-0.15, -0.1) is 0 Å². The third-order valence-corrected chi connectivity index (χ3v) is 4.13. The lowest BCUT2D eigenvalue weighted by molar-refractivity contribution is -0.145. The first-order valence-electron chi connectivity index (χ1n) is 6.92. The summed E-state index contributed by atoms with van der Waals surface area (Å²) in [6.07, 6.45) is 2.56. The Morgan fingerprint density at radius 2 is 1.81 bits per heavy atom. The Bertz CT molecular complexity index is 637. The topological polar surface area (TPSA) is 75.6 Å². The smallest absolute Gasteiger partial charge is 0.310 e. The van der Waals surface area contributed by atoms with Crippen molar-refractivity contribution in [3.8, 4) is 0 Å². The van der Waals surface area contributed by atoms with Gasteiger partial charge in [-0.25, -0.2) is 0 Å². The van der Waals surface area contributed by atoms with Gasteiger partial charge in [-0.1, -0.05) is 29.8 Å². The maximum atomic E-state index is 12.5.